The number of hydrogen-bond acceptors (Lipinski definition) is 4. The first kappa shape index (κ1) is 13.8. The maximum atomic E-state index is 11.9. The minimum atomic E-state index is -1.07. The number of nitrogens with one attached hydrogen (secondary N) is 1. The van der Waals surface area contributed by atoms with Crippen LogP contribution in [0.2, 0.25) is 0 Å². The summed E-state index contributed by atoms with van der Waals surface area (Å²) in [5, 5.41) is 17.1. The molecule has 6 heteroatoms. The Bertz CT molecular complexity index is 593. The molecule has 0 atom stereocenters. The first-order valence-corrected chi connectivity index (χ1v) is 6.24. The minimum Gasteiger partial charge on any atom is -0.550 e. The molecule has 0 radical (unpaired) electrons. The van der Waals surface area contributed by atoms with E-state index >= 15 is 0 Å². The summed E-state index contributed by atoms with van der Waals surface area (Å²) < 4.78 is 1.59. The van der Waals surface area contributed by atoms with Gasteiger partial charge >= 0.3 is 0 Å². The number of benzene rings is 1. The molecule has 0 aliphatic rings. The van der Waals surface area contributed by atoms with Gasteiger partial charge in [-0.1, -0.05) is 18.2 Å². The molecule has 0 unspecified atom stereocenters. The Kier molecular flexibility index (Phi) is 4.49. The lowest BCUT2D eigenvalue weighted by molar-refractivity contribution is -0.305. The average Bonchev–Trinajstić information content (AvgIpc) is 2.87. The van der Waals surface area contributed by atoms with Gasteiger partial charge in [-0.15, -0.1) is 0 Å². The van der Waals surface area contributed by atoms with Crippen molar-refractivity contribution in [3.05, 3.63) is 48.3 Å². The number of carboxylic acids is 1. The van der Waals surface area contributed by atoms with Gasteiger partial charge in [0.2, 0.25) is 0 Å². The Morgan fingerprint density at radius 1 is 1.25 bits per heavy atom. The fourth-order valence-corrected chi connectivity index (χ4v) is 1.73. The maximum Gasteiger partial charge on any atom is 0.255 e. The zero-order valence-electron chi connectivity index (χ0n) is 10.8. The van der Waals surface area contributed by atoms with Crippen LogP contribution in [0, 0.1) is 0 Å². The molecule has 0 spiro atoms. The lowest BCUT2D eigenvalue weighted by Gasteiger charge is -2.03. The van der Waals surface area contributed by atoms with Gasteiger partial charge < -0.3 is 15.2 Å². The molecular formula is C14H14N3O3-. The molecule has 2 aromatic rings. The maximum absolute atomic E-state index is 11.9. The van der Waals surface area contributed by atoms with E-state index in [2.05, 4.69) is 10.4 Å². The van der Waals surface area contributed by atoms with Gasteiger partial charge in [-0.2, -0.15) is 5.10 Å². The first-order valence-electron chi connectivity index (χ1n) is 6.24. The molecule has 0 aliphatic heterocycles. The van der Waals surface area contributed by atoms with Crippen molar-refractivity contribution in [3.63, 3.8) is 0 Å². The molecule has 0 bridgehead atoms. The fraction of sp³-hybridized carbons (Fsp3) is 0.214. The highest BCUT2D eigenvalue weighted by atomic mass is 16.4. The van der Waals surface area contributed by atoms with Crippen LogP contribution in [0.4, 0.5) is 5.69 Å². The summed E-state index contributed by atoms with van der Waals surface area (Å²) in [4.78, 5) is 22.2. The lowest BCUT2D eigenvalue weighted by atomic mass is 10.2. The molecule has 6 nitrogen and oxygen atoms in total. The van der Waals surface area contributed by atoms with Crippen LogP contribution in [-0.2, 0) is 11.3 Å². The van der Waals surface area contributed by atoms with Crippen molar-refractivity contribution in [1.29, 1.82) is 0 Å². The van der Waals surface area contributed by atoms with Crippen LogP contribution in [0.15, 0.2) is 42.7 Å². The highest BCUT2D eigenvalue weighted by Gasteiger charge is 2.06. The molecule has 0 fully saturated rings. The highest BCUT2D eigenvalue weighted by Crippen LogP contribution is 2.08. The van der Waals surface area contributed by atoms with E-state index in [4.69, 9.17) is 0 Å². The van der Waals surface area contributed by atoms with Gasteiger partial charge in [-0.05, 0) is 25.0 Å². The van der Waals surface area contributed by atoms with E-state index in [1.165, 1.54) is 6.20 Å². The summed E-state index contributed by atoms with van der Waals surface area (Å²) in [5.41, 5.74) is 1.14. The van der Waals surface area contributed by atoms with E-state index in [0.29, 0.717) is 24.2 Å². The van der Waals surface area contributed by atoms with Gasteiger partial charge in [0, 0.05) is 24.3 Å². The van der Waals surface area contributed by atoms with Crippen molar-refractivity contribution >= 4 is 17.6 Å². The quantitative estimate of drug-likeness (QED) is 0.837. The predicted octanol–water partition coefficient (Wildman–Crippen LogP) is 0.665. The van der Waals surface area contributed by atoms with Crippen molar-refractivity contribution in [2.75, 3.05) is 5.32 Å². The zero-order chi connectivity index (χ0) is 14.4. The summed E-state index contributed by atoms with van der Waals surface area (Å²) in [7, 11) is 0. The van der Waals surface area contributed by atoms with Gasteiger partial charge in [0.05, 0.1) is 11.9 Å². The number of nitrogens with zero attached hydrogens (tertiary/aromatic N) is 2. The second kappa shape index (κ2) is 6.51. The number of carbonyl (C=O) groups is 2. The summed E-state index contributed by atoms with van der Waals surface area (Å²) in [6.45, 7) is 0.467. The van der Waals surface area contributed by atoms with Crippen molar-refractivity contribution in [2.24, 2.45) is 0 Å². The van der Waals surface area contributed by atoms with Crippen molar-refractivity contribution in [1.82, 2.24) is 9.78 Å². The molecule has 20 heavy (non-hydrogen) atoms. The van der Waals surface area contributed by atoms with Crippen LogP contribution in [0.25, 0.3) is 0 Å². The van der Waals surface area contributed by atoms with Gasteiger partial charge in [-0.3, -0.25) is 9.48 Å². The lowest BCUT2D eigenvalue weighted by Crippen LogP contribution is -2.22. The van der Waals surface area contributed by atoms with Crippen molar-refractivity contribution in [2.45, 2.75) is 19.4 Å². The molecule has 0 saturated carbocycles. The van der Waals surface area contributed by atoms with E-state index in [1.807, 2.05) is 6.07 Å². The number of carbonyl (C=O) groups excluding carboxylic acids is 2. The van der Waals surface area contributed by atoms with Crippen LogP contribution in [-0.4, -0.2) is 21.7 Å². The Labute approximate surface area is 116 Å². The first-order chi connectivity index (χ1) is 9.65. The van der Waals surface area contributed by atoms with Crippen molar-refractivity contribution in [3.8, 4) is 0 Å². The predicted molar refractivity (Wildman–Crippen MR) is 70.9 cm³/mol. The highest BCUT2D eigenvalue weighted by molar-refractivity contribution is 6.04. The monoisotopic (exact) mass is 272 g/mol. The van der Waals surface area contributed by atoms with Crippen LogP contribution >= 0.6 is 0 Å². The van der Waals surface area contributed by atoms with E-state index in [-0.39, 0.29) is 12.3 Å². The summed E-state index contributed by atoms with van der Waals surface area (Å²) in [6, 6.07) is 8.86. The number of carboxylic acid groups (broad SMARTS) is 1. The largest absolute Gasteiger partial charge is 0.550 e. The average molecular weight is 272 g/mol. The number of anilines is 1. The smallest absolute Gasteiger partial charge is 0.255 e. The molecule has 1 amide bonds. The third-order valence-electron chi connectivity index (χ3n) is 2.70. The topological polar surface area (TPSA) is 87.0 Å². The summed E-state index contributed by atoms with van der Waals surface area (Å²) in [5.74, 6) is -1.28. The third-order valence-corrected chi connectivity index (χ3v) is 2.70. The normalized spacial score (nSPS) is 10.2. The van der Waals surface area contributed by atoms with Gasteiger partial charge in [0.25, 0.3) is 5.91 Å². The molecule has 1 N–H and O–H groups in total. The van der Waals surface area contributed by atoms with E-state index in [9.17, 15) is 14.7 Å². The second-order valence-electron chi connectivity index (χ2n) is 4.29. The molecule has 1 heterocycles. The van der Waals surface area contributed by atoms with E-state index < -0.39 is 5.97 Å². The Morgan fingerprint density at radius 3 is 2.70 bits per heavy atom. The summed E-state index contributed by atoms with van der Waals surface area (Å²) in [6.07, 6.45) is 3.62. The van der Waals surface area contributed by atoms with Crippen LogP contribution in [0.3, 0.4) is 0 Å². The van der Waals surface area contributed by atoms with Gasteiger partial charge in [0.1, 0.15) is 0 Å². The standard InChI is InChI=1S/C14H15N3O3/c18-13(19)7-4-8-17-10-12(9-15-17)16-14(20)11-5-2-1-3-6-11/h1-3,5-6,9-10H,4,7-8H2,(H,16,20)(H,18,19)/p-1. The molecule has 104 valence electrons. The van der Waals surface area contributed by atoms with Gasteiger partial charge in [0.15, 0.2) is 0 Å². The van der Waals surface area contributed by atoms with Crippen LogP contribution in [0.5, 0.6) is 0 Å². The SMILES string of the molecule is O=C([O-])CCCn1cc(NC(=O)c2ccccc2)cn1. The number of aryl methyl sites for hydroxylation is 1. The minimum absolute atomic E-state index is 0.00837. The number of hydrogen-bond donors (Lipinski definition) is 1. The van der Waals surface area contributed by atoms with E-state index in [0.717, 1.165) is 0 Å². The van der Waals surface area contributed by atoms with E-state index in [1.54, 1.807) is 35.1 Å². The third kappa shape index (κ3) is 3.94. The summed E-state index contributed by atoms with van der Waals surface area (Å²) >= 11 is 0. The van der Waals surface area contributed by atoms with Gasteiger partial charge in [-0.25, -0.2) is 0 Å². The molecule has 1 aromatic heterocycles. The fourth-order valence-electron chi connectivity index (χ4n) is 1.73. The molecule has 0 aliphatic carbocycles. The van der Waals surface area contributed by atoms with Crippen molar-refractivity contribution < 1.29 is 14.7 Å². The number of amides is 1. The number of rotatable bonds is 6. The number of aromatic nitrogens is 2. The number of aliphatic carboxylic acids is 1. The molecule has 0 saturated heterocycles. The van der Waals surface area contributed by atoms with Crippen LogP contribution < -0.4 is 10.4 Å². The Hall–Kier alpha value is -2.63. The molecule has 2 rings (SSSR count). The molecular weight excluding hydrogens is 258 g/mol. The second-order valence-corrected chi connectivity index (χ2v) is 4.29. The Morgan fingerprint density at radius 2 is 2.00 bits per heavy atom. The zero-order valence-corrected chi connectivity index (χ0v) is 10.8. The van der Waals surface area contributed by atoms with Crippen LogP contribution in [0.1, 0.15) is 23.2 Å². The molecule has 1 aromatic carbocycles. The Balaban J connectivity index is 1.89.